The maximum absolute atomic E-state index is 12.9. The topological polar surface area (TPSA) is 53.2 Å². The van der Waals surface area contributed by atoms with Crippen LogP contribution in [0.1, 0.15) is 29.0 Å². The summed E-state index contributed by atoms with van der Waals surface area (Å²) in [5.41, 5.74) is 4.28. The molecule has 130 valence electrons. The summed E-state index contributed by atoms with van der Waals surface area (Å²) in [6.45, 7) is 0.674. The van der Waals surface area contributed by atoms with Gasteiger partial charge in [0.15, 0.2) is 0 Å². The average molecular weight is 344 g/mol. The van der Waals surface area contributed by atoms with E-state index in [0.717, 1.165) is 11.3 Å². The Bertz CT molecular complexity index is 958. The number of hydrogen-bond acceptors (Lipinski definition) is 2. The van der Waals surface area contributed by atoms with Gasteiger partial charge in [0.2, 0.25) is 11.5 Å². The Kier molecular flexibility index (Phi) is 4.40. The number of aromatic nitrogens is 1. The van der Waals surface area contributed by atoms with Crippen molar-refractivity contribution in [3.63, 3.8) is 0 Å². The van der Waals surface area contributed by atoms with Crippen LogP contribution in [0, 0.1) is 0 Å². The lowest BCUT2D eigenvalue weighted by Crippen LogP contribution is -2.30. The molecule has 4 nitrogen and oxygen atoms in total. The number of carbonyl (C=O) groups excluding carboxylic acids is 1. The first-order valence-corrected chi connectivity index (χ1v) is 8.84. The normalized spacial score (nSPS) is 15.7. The first-order valence-electron chi connectivity index (χ1n) is 8.84. The number of aryl methyl sites for hydroxylation is 1. The number of H-pyrrole nitrogens is 1. The van der Waals surface area contributed by atoms with Crippen LogP contribution in [-0.2, 0) is 11.2 Å². The standard InChI is InChI=1S/C22H20N2O2/c25-21-12-10-16(14-23-21)11-13-22(26)24-15-19(17-6-2-1-3-7-17)18-8-4-5-9-20(18)24/h1-10,12,14,19H,11,13,15H2,(H,23,25)/t19-/m0/s1. The summed E-state index contributed by atoms with van der Waals surface area (Å²) in [4.78, 5) is 28.6. The highest BCUT2D eigenvalue weighted by Gasteiger charge is 2.32. The summed E-state index contributed by atoms with van der Waals surface area (Å²) in [6.07, 6.45) is 2.71. The third kappa shape index (κ3) is 3.18. The second kappa shape index (κ2) is 7.00. The number of nitrogens with one attached hydrogen (secondary N) is 1. The summed E-state index contributed by atoms with van der Waals surface area (Å²) in [6, 6.07) is 21.8. The smallest absolute Gasteiger partial charge is 0.247 e. The van der Waals surface area contributed by atoms with E-state index in [9.17, 15) is 9.59 Å². The molecular formula is C22H20N2O2. The molecule has 1 amide bonds. The van der Waals surface area contributed by atoms with Gasteiger partial charge in [0, 0.05) is 36.8 Å². The van der Waals surface area contributed by atoms with Gasteiger partial charge in [-0.15, -0.1) is 0 Å². The minimum Gasteiger partial charge on any atom is -0.329 e. The SMILES string of the molecule is O=C(CCc1ccc(=O)[nH]c1)N1C[C@@H](c2ccccc2)c2ccccc21. The van der Waals surface area contributed by atoms with Crippen LogP contribution in [0.3, 0.4) is 0 Å². The van der Waals surface area contributed by atoms with Crippen LogP contribution >= 0.6 is 0 Å². The van der Waals surface area contributed by atoms with Gasteiger partial charge in [-0.2, -0.15) is 0 Å². The number of fused-ring (bicyclic) bond motifs is 1. The minimum absolute atomic E-state index is 0.113. The van der Waals surface area contributed by atoms with Crippen LogP contribution in [0.25, 0.3) is 0 Å². The quantitative estimate of drug-likeness (QED) is 0.788. The molecule has 3 aromatic rings. The maximum atomic E-state index is 12.9. The molecule has 1 aliphatic heterocycles. The Balaban J connectivity index is 1.54. The average Bonchev–Trinajstić information content (AvgIpc) is 3.08. The zero-order valence-electron chi connectivity index (χ0n) is 14.4. The fourth-order valence-electron chi connectivity index (χ4n) is 3.60. The van der Waals surface area contributed by atoms with Crippen molar-refractivity contribution in [1.29, 1.82) is 0 Å². The van der Waals surface area contributed by atoms with Gasteiger partial charge in [-0.25, -0.2) is 0 Å². The van der Waals surface area contributed by atoms with Gasteiger partial charge in [0.05, 0.1) is 0 Å². The van der Waals surface area contributed by atoms with E-state index in [-0.39, 0.29) is 17.4 Å². The highest BCUT2D eigenvalue weighted by atomic mass is 16.2. The largest absolute Gasteiger partial charge is 0.329 e. The third-order valence-electron chi connectivity index (χ3n) is 4.95. The van der Waals surface area contributed by atoms with Crippen molar-refractivity contribution in [3.8, 4) is 0 Å². The molecule has 0 unspecified atom stereocenters. The van der Waals surface area contributed by atoms with E-state index >= 15 is 0 Å². The fraction of sp³-hybridized carbons (Fsp3) is 0.182. The van der Waals surface area contributed by atoms with E-state index in [1.807, 2.05) is 41.3 Å². The molecule has 1 aliphatic rings. The Morgan fingerprint density at radius 3 is 2.54 bits per heavy atom. The monoisotopic (exact) mass is 344 g/mol. The van der Waals surface area contributed by atoms with Crippen molar-refractivity contribution < 1.29 is 4.79 Å². The Hall–Kier alpha value is -3.14. The number of rotatable bonds is 4. The fourth-order valence-corrected chi connectivity index (χ4v) is 3.60. The molecule has 26 heavy (non-hydrogen) atoms. The molecule has 0 saturated heterocycles. The predicted molar refractivity (Wildman–Crippen MR) is 102 cm³/mol. The lowest BCUT2D eigenvalue weighted by molar-refractivity contribution is -0.118. The zero-order valence-corrected chi connectivity index (χ0v) is 14.4. The van der Waals surface area contributed by atoms with Crippen molar-refractivity contribution in [2.45, 2.75) is 18.8 Å². The number of pyridine rings is 1. The van der Waals surface area contributed by atoms with E-state index in [4.69, 9.17) is 0 Å². The van der Waals surface area contributed by atoms with E-state index in [2.05, 4.69) is 23.2 Å². The number of carbonyl (C=O) groups is 1. The lowest BCUT2D eigenvalue weighted by Gasteiger charge is -2.18. The van der Waals surface area contributed by atoms with Gasteiger partial charge in [-0.05, 0) is 29.2 Å². The van der Waals surface area contributed by atoms with Gasteiger partial charge in [0.25, 0.3) is 0 Å². The lowest BCUT2D eigenvalue weighted by atomic mass is 9.93. The van der Waals surface area contributed by atoms with Crippen LogP contribution < -0.4 is 10.5 Å². The van der Waals surface area contributed by atoms with Crippen molar-refractivity contribution in [2.75, 3.05) is 11.4 Å². The molecule has 4 heteroatoms. The van der Waals surface area contributed by atoms with Crippen LogP contribution in [-0.4, -0.2) is 17.4 Å². The number of nitrogens with zero attached hydrogens (tertiary/aromatic N) is 1. The van der Waals surface area contributed by atoms with Crippen LogP contribution in [0.2, 0.25) is 0 Å². The van der Waals surface area contributed by atoms with Gasteiger partial charge < -0.3 is 9.88 Å². The van der Waals surface area contributed by atoms with E-state index in [1.165, 1.54) is 17.2 Å². The summed E-state index contributed by atoms with van der Waals surface area (Å²) in [5, 5.41) is 0. The van der Waals surface area contributed by atoms with Gasteiger partial charge in [-0.3, -0.25) is 9.59 Å². The highest BCUT2D eigenvalue weighted by Crippen LogP contribution is 2.40. The van der Waals surface area contributed by atoms with Crippen molar-refractivity contribution in [3.05, 3.63) is 100.0 Å². The molecule has 2 heterocycles. The molecular weight excluding hydrogens is 324 g/mol. The number of para-hydroxylation sites is 1. The summed E-state index contributed by atoms with van der Waals surface area (Å²) >= 11 is 0. The second-order valence-electron chi connectivity index (χ2n) is 6.59. The van der Waals surface area contributed by atoms with Crippen molar-refractivity contribution in [1.82, 2.24) is 4.98 Å². The minimum atomic E-state index is -0.126. The Labute approximate surface area is 152 Å². The van der Waals surface area contributed by atoms with Crippen LogP contribution in [0.15, 0.2) is 77.7 Å². The van der Waals surface area contributed by atoms with Gasteiger partial charge in [-0.1, -0.05) is 54.6 Å². The molecule has 0 spiro atoms. The van der Waals surface area contributed by atoms with Crippen LogP contribution in [0.4, 0.5) is 5.69 Å². The third-order valence-corrected chi connectivity index (χ3v) is 4.95. The Morgan fingerprint density at radius 2 is 1.77 bits per heavy atom. The molecule has 0 aliphatic carbocycles. The Morgan fingerprint density at radius 1 is 1.00 bits per heavy atom. The van der Waals surface area contributed by atoms with E-state index < -0.39 is 0 Å². The summed E-state index contributed by atoms with van der Waals surface area (Å²) < 4.78 is 0. The summed E-state index contributed by atoms with van der Waals surface area (Å²) in [7, 11) is 0. The molecule has 0 radical (unpaired) electrons. The molecule has 2 aromatic carbocycles. The molecule has 0 fully saturated rings. The molecule has 1 aromatic heterocycles. The van der Waals surface area contributed by atoms with E-state index in [0.29, 0.717) is 19.4 Å². The first kappa shape index (κ1) is 16.3. The maximum Gasteiger partial charge on any atom is 0.247 e. The van der Waals surface area contributed by atoms with Crippen LogP contribution in [0.5, 0.6) is 0 Å². The predicted octanol–water partition coefficient (Wildman–Crippen LogP) is 3.49. The highest BCUT2D eigenvalue weighted by molar-refractivity contribution is 5.96. The molecule has 0 saturated carbocycles. The number of hydrogen-bond donors (Lipinski definition) is 1. The van der Waals surface area contributed by atoms with Crippen molar-refractivity contribution in [2.24, 2.45) is 0 Å². The van der Waals surface area contributed by atoms with Crippen molar-refractivity contribution >= 4 is 11.6 Å². The zero-order chi connectivity index (χ0) is 17.9. The molecule has 1 atom stereocenters. The number of anilines is 1. The second-order valence-corrected chi connectivity index (χ2v) is 6.59. The number of amides is 1. The first-order chi connectivity index (χ1) is 12.7. The van der Waals surface area contributed by atoms with Gasteiger partial charge >= 0.3 is 0 Å². The number of benzene rings is 2. The van der Waals surface area contributed by atoms with Gasteiger partial charge in [0.1, 0.15) is 0 Å². The van der Waals surface area contributed by atoms with E-state index in [1.54, 1.807) is 12.3 Å². The molecule has 0 bridgehead atoms. The number of aromatic amines is 1. The summed E-state index contributed by atoms with van der Waals surface area (Å²) in [5.74, 6) is 0.325. The molecule has 1 N–H and O–H groups in total. The molecule has 4 rings (SSSR count).